The third-order valence-corrected chi connectivity index (χ3v) is 3.13. The monoisotopic (exact) mass is 439 g/mol. The predicted octanol–water partition coefficient (Wildman–Crippen LogP) is 4.49. The molecular weight excluding hydrogens is 437 g/mol. The lowest BCUT2D eigenvalue weighted by molar-refractivity contribution is 0.959. The Morgan fingerprint density at radius 1 is 0.941 bits per heavy atom. The Morgan fingerprint density at radius 3 is 2.18 bits per heavy atom. The highest BCUT2D eigenvalue weighted by molar-refractivity contribution is 9.38. The smallest absolute Gasteiger partial charge is 0.210 e. The Labute approximate surface area is 128 Å². The van der Waals surface area contributed by atoms with E-state index in [4.69, 9.17) is 11.6 Å². The van der Waals surface area contributed by atoms with Crippen molar-refractivity contribution in [3.05, 3.63) is 41.4 Å². The summed E-state index contributed by atoms with van der Waals surface area (Å²) in [6.45, 7) is 0. The first-order chi connectivity index (χ1) is 7.97. The van der Waals surface area contributed by atoms with Crippen LogP contribution in [0.2, 0.25) is 5.28 Å². The number of halogens is 4. The zero-order valence-corrected chi connectivity index (χ0v) is 13.8. The SMILES string of the molecule is Clc1nc(-c2ccccc2)nc(C(Br)(Br)Br)n1. The van der Waals surface area contributed by atoms with Crippen molar-refractivity contribution < 1.29 is 0 Å². The molecule has 0 saturated carbocycles. The molecule has 2 aromatic rings. The summed E-state index contributed by atoms with van der Waals surface area (Å²) >= 11 is 15.9. The molecule has 3 nitrogen and oxygen atoms in total. The van der Waals surface area contributed by atoms with Gasteiger partial charge in [-0.2, -0.15) is 9.97 Å². The van der Waals surface area contributed by atoms with Crippen LogP contribution in [-0.4, -0.2) is 15.0 Å². The fraction of sp³-hybridized carbons (Fsp3) is 0.100. The summed E-state index contributed by atoms with van der Waals surface area (Å²) in [7, 11) is 0. The molecule has 0 amide bonds. The standard InChI is InChI=1S/C10H5Br3ClN3/c11-10(12,13)8-15-7(16-9(14)17-8)6-4-2-1-3-5-6/h1-5H. The Morgan fingerprint density at radius 2 is 1.59 bits per heavy atom. The number of rotatable bonds is 1. The molecule has 0 aliphatic carbocycles. The lowest BCUT2D eigenvalue weighted by atomic mass is 10.2. The quantitative estimate of drug-likeness (QED) is 0.612. The number of aromatic nitrogens is 3. The highest BCUT2D eigenvalue weighted by Gasteiger charge is 2.26. The zero-order valence-electron chi connectivity index (χ0n) is 8.24. The second-order valence-corrected chi connectivity index (χ2v) is 10.2. The summed E-state index contributed by atoms with van der Waals surface area (Å²) in [5.74, 6) is 0.986. The molecular formula is C10H5Br3ClN3. The van der Waals surface area contributed by atoms with Gasteiger partial charge in [-0.15, -0.1) is 0 Å². The first kappa shape index (κ1) is 13.4. The van der Waals surface area contributed by atoms with Crippen molar-refractivity contribution in [2.45, 2.75) is 2.14 Å². The van der Waals surface area contributed by atoms with E-state index < -0.39 is 2.14 Å². The van der Waals surface area contributed by atoms with E-state index in [1.54, 1.807) is 0 Å². The first-order valence-corrected chi connectivity index (χ1v) is 7.27. The molecule has 88 valence electrons. The van der Waals surface area contributed by atoms with Crippen molar-refractivity contribution in [2.75, 3.05) is 0 Å². The maximum absolute atomic E-state index is 5.88. The van der Waals surface area contributed by atoms with Crippen molar-refractivity contribution >= 4 is 59.4 Å². The fourth-order valence-corrected chi connectivity index (χ4v) is 1.89. The normalized spacial score (nSPS) is 11.5. The summed E-state index contributed by atoms with van der Waals surface area (Å²) in [5, 5.41) is 0.150. The van der Waals surface area contributed by atoms with Gasteiger partial charge in [0.2, 0.25) is 5.28 Å². The molecule has 0 fully saturated rings. The lowest BCUT2D eigenvalue weighted by Gasteiger charge is -2.11. The van der Waals surface area contributed by atoms with Crippen LogP contribution in [0.25, 0.3) is 11.4 Å². The van der Waals surface area contributed by atoms with Crippen LogP contribution >= 0.6 is 59.4 Å². The van der Waals surface area contributed by atoms with Gasteiger partial charge >= 0.3 is 0 Å². The molecule has 0 unspecified atom stereocenters. The molecule has 1 aromatic heterocycles. The van der Waals surface area contributed by atoms with Crippen molar-refractivity contribution in [3.8, 4) is 11.4 Å². The molecule has 0 N–H and O–H groups in total. The molecule has 0 bridgehead atoms. The van der Waals surface area contributed by atoms with E-state index in [1.165, 1.54) is 0 Å². The van der Waals surface area contributed by atoms with Crippen LogP contribution in [0.1, 0.15) is 5.82 Å². The van der Waals surface area contributed by atoms with E-state index >= 15 is 0 Å². The van der Waals surface area contributed by atoms with Crippen LogP contribution in [0.5, 0.6) is 0 Å². The molecule has 17 heavy (non-hydrogen) atoms. The highest BCUT2D eigenvalue weighted by atomic mass is 80.0. The summed E-state index contributed by atoms with van der Waals surface area (Å²) in [6.07, 6.45) is 0. The molecule has 0 atom stereocenters. The minimum absolute atomic E-state index is 0.150. The number of alkyl halides is 3. The molecule has 1 heterocycles. The molecule has 0 aliphatic rings. The van der Waals surface area contributed by atoms with E-state index in [-0.39, 0.29) is 5.28 Å². The topological polar surface area (TPSA) is 38.7 Å². The molecule has 0 spiro atoms. The van der Waals surface area contributed by atoms with E-state index in [0.717, 1.165) is 5.56 Å². The van der Waals surface area contributed by atoms with Crippen LogP contribution in [0.4, 0.5) is 0 Å². The predicted molar refractivity (Wildman–Crippen MR) is 78.7 cm³/mol. The summed E-state index contributed by atoms with van der Waals surface area (Å²) in [4.78, 5) is 12.5. The third-order valence-electron chi connectivity index (χ3n) is 1.89. The second-order valence-electron chi connectivity index (χ2n) is 3.12. The van der Waals surface area contributed by atoms with Gasteiger partial charge in [-0.3, -0.25) is 0 Å². The average molecular weight is 442 g/mol. The molecule has 0 saturated heterocycles. The number of hydrogen-bond acceptors (Lipinski definition) is 3. The van der Waals surface area contributed by atoms with Gasteiger partial charge in [0.1, 0.15) is 0 Å². The molecule has 0 radical (unpaired) electrons. The van der Waals surface area contributed by atoms with Gasteiger partial charge < -0.3 is 0 Å². The third kappa shape index (κ3) is 3.47. The van der Waals surface area contributed by atoms with E-state index in [0.29, 0.717) is 11.6 Å². The number of nitrogens with zero attached hydrogens (tertiary/aromatic N) is 3. The summed E-state index contributed by atoms with van der Waals surface area (Å²) in [5.41, 5.74) is 0.884. The van der Waals surface area contributed by atoms with Crippen LogP contribution < -0.4 is 0 Å². The van der Waals surface area contributed by atoms with Crippen LogP contribution in [0.15, 0.2) is 30.3 Å². The fourth-order valence-electron chi connectivity index (χ4n) is 1.19. The maximum Gasteiger partial charge on any atom is 0.226 e. The summed E-state index contributed by atoms with van der Waals surface area (Å²) in [6, 6.07) is 9.57. The summed E-state index contributed by atoms with van der Waals surface area (Å²) < 4.78 is -0.705. The van der Waals surface area contributed by atoms with Crippen LogP contribution in [-0.2, 0) is 2.14 Å². The Kier molecular flexibility index (Phi) is 4.18. The molecule has 0 aliphatic heterocycles. The number of hydrogen-bond donors (Lipinski definition) is 0. The minimum Gasteiger partial charge on any atom is -0.210 e. The Balaban J connectivity index is 2.54. The van der Waals surface area contributed by atoms with Crippen LogP contribution in [0.3, 0.4) is 0 Å². The largest absolute Gasteiger partial charge is 0.226 e. The van der Waals surface area contributed by atoms with Crippen molar-refractivity contribution in [1.82, 2.24) is 15.0 Å². The van der Waals surface area contributed by atoms with Crippen molar-refractivity contribution in [3.63, 3.8) is 0 Å². The lowest BCUT2D eigenvalue weighted by Crippen LogP contribution is -2.08. The van der Waals surface area contributed by atoms with E-state index in [2.05, 4.69) is 62.7 Å². The Bertz CT molecular complexity index is 528. The average Bonchev–Trinajstić information content (AvgIpc) is 2.28. The van der Waals surface area contributed by atoms with Gasteiger partial charge in [0.05, 0.1) is 0 Å². The molecule has 7 heteroatoms. The highest BCUT2D eigenvalue weighted by Crippen LogP contribution is 2.42. The van der Waals surface area contributed by atoms with Crippen molar-refractivity contribution in [2.24, 2.45) is 0 Å². The first-order valence-electron chi connectivity index (χ1n) is 4.51. The van der Waals surface area contributed by atoms with Gasteiger partial charge in [-0.05, 0) is 11.6 Å². The van der Waals surface area contributed by atoms with Gasteiger partial charge in [0.25, 0.3) is 0 Å². The Hall–Kier alpha value is -0.0400. The zero-order chi connectivity index (χ0) is 12.5. The maximum atomic E-state index is 5.88. The van der Waals surface area contributed by atoms with Crippen LogP contribution in [0, 0.1) is 0 Å². The number of benzene rings is 1. The second kappa shape index (κ2) is 5.30. The van der Waals surface area contributed by atoms with Gasteiger partial charge in [-0.1, -0.05) is 78.1 Å². The molecule has 1 aromatic carbocycles. The van der Waals surface area contributed by atoms with Gasteiger partial charge in [0.15, 0.2) is 13.8 Å². The van der Waals surface area contributed by atoms with E-state index in [9.17, 15) is 0 Å². The van der Waals surface area contributed by atoms with E-state index in [1.807, 2.05) is 30.3 Å². The molecule has 2 rings (SSSR count). The van der Waals surface area contributed by atoms with Gasteiger partial charge in [-0.25, -0.2) is 4.98 Å². The van der Waals surface area contributed by atoms with Crippen molar-refractivity contribution in [1.29, 1.82) is 0 Å². The minimum atomic E-state index is -0.705. The van der Waals surface area contributed by atoms with Gasteiger partial charge in [0, 0.05) is 5.56 Å².